The summed E-state index contributed by atoms with van der Waals surface area (Å²) >= 11 is 0. The zero-order valence-electron chi connectivity index (χ0n) is 54.5. The molecule has 1 radical (unpaired) electrons. The number of ether oxygens (including phenoxy) is 2. The van der Waals surface area contributed by atoms with Gasteiger partial charge in [0.15, 0.2) is 0 Å². The molecule has 6 aromatic rings. The van der Waals surface area contributed by atoms with Crippen molar-refractivity contribution in [2.24, 2.45) is 22.7 Å². The average Bonchev–Trinajstić information content (AvgIpc) is 3.21. The summed E-state index contributed by atoms with van der Waals surface area (Å²) in [5, 5.41) is 0. The fourth-order valence-corrected chi connectivity index (χ4v) is 14.9. The maximum atomic E-state index is 6.82. The first kappa shape index (κ1) is 66.2. The van der Waals surface area contributed by atoms with Gasteiger partial charge in [-0.05, 0) is 120 Å². The Morgan fingerprint density at radius 2 is 0.765 bits per heavy atom. The van der Waals surface area contributed by atoms with Crippen molar-refractivity contribution >= 4 is 0 Å². The first-order valence-electron chi connectivity index (χ1n) is 31.4. The Balaban J connectivity index is 0.000000190. The SMILES string of the molecule is CC.CC.C[C-]1CCC(C)C(C)(C)C1.C[C-]1CCC(C)C(C)(C)C1.Cc1ccc2c(c1)C1(CC2(C)C)CC(C)(C)c2ccc(C)cc21.Cc1ccc2c(c1)OC1(CC2c2ccccc2)CC(c2ccccc2)c2ccc(C)cc2O1.[Y]. The number of fused-ring (bicyclic) bond motifs is 6. The summed E-state index contributed by atoms with van der Waals surface area (Å²) in [6.07, 6.45) is 12.3. The van der Waals surface area contributed by atoms with Gasteiger partial charge in [-0.25, -0.2) is 0 Å². The van der Waals surface area contributed by atoms with Gasteiger partial charge in [-0.1, -0.05) is 253 Å². The van der Waals surface area contributed by atoms with Gasteiger partial charge >= 0.3 is 0 Å². The molecule has 2 aliphatic heterocycles. The van der Waals surface area contributed by atoms with Gasteiger partial charge in [-0.2, -0.15) is 39.5 Å². The molecule has 2 nitrogen and oxygen atoms in total. The molecule has 3 heteroatoms. The van der Waals surface area contributed by atoms with Crippen LogP contribution in [0.1, 0.15) is 254 Å². The molecule has 12 rings (SSSR count). The second kappa shape index (κ2) is 26.9. The second-order valence-electron chi connectivity index (χ2n) is 28.0. The van der Waals surface area contributed by atoms with E-state index in [-0.39, 0.29) is 60.8 Å². The Kier molecular flexibility index (Phi) is 22.0. The smallest absolute Gasteiger partial charge is 0.253 e. The van der Waals surface area contributed by atoms with Crippen LogP contribution in [0.25, 0.3) is 0 Å². The minimum absolute atomic E-state index is 0. The van der Waals surface area contributed by atoms with E-state index >= 15 is 0 Å². The van der Waals surface area contributed by atoms with Gasteiger partial charge in [0.25, 0.3) is 5.79 Å². The molecule has 0 amide bonds. The normalized spacial score (nSPS) is 24.3. The van der Waals surface area contributed by atoms with E-state index in [4.69, 9.17) is 9.47 Å². The molecule has 0 bridgehead atoms. The maximum Gasteiger partial charge on any atom is 0.253 e. The zero-order chi connectivity index (χ0) is 58.6. The summed E-state index contributed by atoms with van der Waals surface area (Å²) in [6.45, 7) is 45.3. The number of aryl methyl sites for hydroxylation is 4. The Labute approximate surface area is 521 Å². The van der Waals surface area contributed by atoms with Crippen LogP contribution in [-0.2, 0) is 49.0 Å². The van der Waals surface area contributed by atoms with Crippen molar-refractivity contribution in [2.45, 2.75) is 237 Å². The van der Waals surface area contributed by atoms with Crippen LogP contribution in [0.15, 0.2) is 133 Å². The third-order valence-corrected chi connectivity index (χ3v) is 19.6. The van der Waals surface area contributed by atoms with E-state index < -0.39 is 5.79 Å². The Hall–Kier alpha value is -3.98. The Bertz CT molecular complexity index is 2770. The van der Waals surface area contributed by atoms with Crippen LogP contribution in [0, 0.1) is 62.2 Å². The third-order valence-electron chi connectivity index (χ3n) is 19.6. The molecule has 6 aliphatic rings. The van der Waals surface area contributed by atoms with Crippen molar-refractivity contribution in [3.8, 4) is 11.5 Å². The topological polar surface area (TPSA) is 18.5 Å². The van der Waals surface area contributed by atoms with Crippen molar-refractivity contribution in [1.29, 1.82) is 0 Å². The summed E-state index contributed by atoms with van der Waals surface area (Å²) < 4.78 is 13.6. The van der Waals surface area contributed by atoms with Crippen molar-refractivity contribution in [3.63, 3.8) is 0 Å². The molecule has 4 atom stereocenters. The first-order valence-corrected chi connectivity index (χ1v) is 31.4. The van der Waals surface area contributed by atoms with Crippen LogP contribution in [-0.4, -0.2) is 5.79 Å². The van der Waals surface area contributed by atoms with Crippen molar-refractivity contribution in [3.05, 3.63) is 212 Å². The third kappa shape index (κ3) is 14.8. The van der Waals surface area contributed by atoms with E-state index in [1.165, 1.54) is 95.9 Å². The van der Waals surface area contributed by atoms with Gasteiger partial charge in [0, 0.05) is 73.9 Å². The molecule has 4 aliphatic carbocycles. The van der Waals surface area contributed by atoms with Gasteiger partial charge < -0.3 is 21.3 Å². The fourth-order valence-electron chi connectivity index (χ4n) is 14.9. The molecule has 2 heterocycles. The van der Waals surface area contributed by atoms with Gasteiger partial charge in [0.05, 0.1) is 0 Å². The molecular weight excluding hydrogens is 1060 g/mol. The minimum atomic E-state index is -0.720. The Morgan fingerprint density at radius 3 is 1.10 bits per heavy atom. The molecule has 2 fully saturated rings. The molecule has 81 heavy (non-hydrogen) atoms. The molecule has 6 aromatic carbocycles. The van der Waals surface area contributed by atoms with Crippen molar-refractivity contribution in [1.82, 2.24) is 0 Å². The van der Waals surface area contributed by atoms with Gasteiger partial charge in [0.1, 0.15) is 11.5 Å². The van der Waals surface area contributed by atoms with Crippen molar-refractivity contribution in [2.75, 3.05) is 0 Å². The van der Waals surface area contributed by atoms with Crippen LogP contribution >= 0.6 is 0 Å². The minimum Gasteiger partial charge on any atom is -0.452 e. The maximum absolute atomic E-state index is 6.82. The molecule has 435 valence electrons. The largest absolute Gasteiger partial charge is 0.452 e. The summed E-state index contributed by atoms with van der Waals surface area (Å²) in [5.41, 5.74) is 18.4. The average molecular weight is 1160 g/mol. The number of benzene rings is 6. The van der Waals surface area contributed by atoms with E-state index in [9.17, 15) is 0 Å². The van der Waals surface area contributed by atoms with Crippen LogP contribution in [0.3, 0.4) is 0 Å². The molecule has 0 N–H and O–H groups in total. The standard InChI is InChI=1S/C31H28O2.C23H28.2C10H19.2C2H6.Y/c1-21-13-15-25-27(23-9-5-3-6-10-23)19-31(32-29(25)17-21)20-28(24-11-7-4-8-12-24)26-16-14-22(2)18-30(26)33-31;1-15-7-9-17-19(11-15)23(13-21(17,3)4)14-22(5,6)18-10-8-16(2)12-20(18)23;2*1-8-5-6-9(2)10(3,4)7-8;2*1-2;/h3-18,27-28H,19-20H2,1-2H3;7-12H,13-14H2,1-6H3;2*9H,5-7H2,1-4H3;2*1-2H3;/q;;2*-1;;;. The number of hydrogen-bond acceptors (Lipinski definition) is 2. The molecular formula is C78H106O2Y-2. The van der Waals surface area contributed by atoms with Crippen LogP contribution in [0.5, 0.6) is 11.5 Å². The van der Waals surface area contributed by atoms with Crippen LogP contribution in [0.4, 0.5) is 0 Å². The van der Waals surface area contributed by atoms with E-state index in [1.54, 1.807) is 34.1 Å². The van der Waals surface area contributed by atoms with E-state index in [0.717, 1.165) is 36.2 Å². The predicted octanol–water partition coefficient (Wildman–Crippen LogP) is 22.4. The molecule has 2 saturated carbocycles. The van der Waals surface area contributed by atoms with E-state index in [1.807, 2.05) is 27.7 Å². The first-order chi connectivity index (χ1) is 37.8. The predicted molar refractivity (Wildman–Crippen MR) is 345 cm³/mol. The van der Waals surface area contributed by atoms with E-state index in [2.05, 4.69) is 244 Å². The summed E-state index contributed by atoms with van der Waals surface area (Å²) in [5.74, 6) is 6.83. The number of hydrogen-bond donors (Lipinski definition) is 0. The monoisotopic (exact) mass is 1160 g/mol. The van der Waals surface area contributed by atoms with Crippen LogP contribution in [0.2, 0.25) is 0 Å². The molecule has 2 spiro atoms. The van der Waals surface area contributed by atoms with Crippen molar-refractivity contribution < 1.29 is 42.2 Å². The molecule has 0 aromatic heterocycles. The molecule has 4 unspecified atom stereocenters. The second-order valence-corrected chi connectivity index (χ2v) is 28.0. The van der Waals surface area contributed by atoms with Gasteiger partial charge in [0.2, 0.25) is 0 Å². The quantitative estimate of drug-likeness (QED) is 0.161. The summed E-state index contributed by atoms with van der Waals surface area (Å²) in [4.78, 5) is 0. The van der Waals surface area contributed by atoms with Gasteiger partial charge in [-0.15, -0.1) is 0 Å². The Morgan fingerprint density at radius 1 is 0.432 bits per heavy atom. The van der Waals surface area contributed by atoms with E-state index in [0.29, 0.717) is 10.8 Å². The summed E-state index contributed by atoms with van der Waals surface area (Å²) in [7, 11) is 0. The zero-order valence-corrected chi connectivity index (χ0v) is 57.3. The van der Waals surface area contributed by atoms with Gasteiger partial charge in [-0.3, -0.25) is 0 Å². The molecule has 0 saturated heterocycles. The fraction of sp³-hybridized carbons (Fsp3) is 0.513. The summed E-state index contributed by atoms with van der Waals surface area (Å²) in [6, 6.07) is 49.0. The van der Waals surface area contributed by atoms with Crippen LogP contribution < -0.4 is 9.47 Å². The number of rotatable bonds is 2.